The van der Waals surface area contributed by atoms with E-state index in [1.165, 1.54) is 4.90 Å². The first-order chi connectivity index (χ1) is 39.0. The maximum atomic E-state index is 17.1. The number of β-amino-alcohol motifs (C(OH)–C–C–N with tert-alkyl or cyclic N) is 1. The number of nitrogens with zero attached hydrogens (tertiary/aromatic N) is 7. The number of fused-ring (bicyclic) bond motifs is 4. The summed E-state index contributed by atoms with van der Waals surface area (Å²) >= 11 is 1.57. The number of likely N-dealkylation sites (tertiary alicyclic amines) is 2. The highest BCUT2D eigenvalue weighted by atomic mass is 32.1. The number of piperazine rings is 1. The molecule has 0 aliphatic carbocycles. The summed E-state index contributed by atoms with van der Waals surface area (Å²) in [6.07, 6.45) is 10.8. The molecule has 7 heterocycles. The maximum Gasteiger partial charge on any atom is 0.319 e. The first-order valence-electron chi connectivity index (χ1n) is 27.9. The van der Waals surface area contributed by atoms with Gasteiger partial charge in [0.25, 0.3) is 0 Å². The number of aliphatic hydroxyl groups excluding tert-OH is 1. The zero-order valence-electron chi connectivity index (χ0n) is 46.3. The summed E-state index contributed by atoms with van der Waals surface area (Å²) in [7, 11) is 0. The lowest BCUT2D eigenvalue weighted by molar-refractivity contribution is -0.144. The number of terminal acetylenes is 1. The summed E-state index contributed by atoms with van der Waals surface area (Å²) in [4.78, 5) is 79.4. The zero-order chi connectivity index (χ0) is 57.0. The fraction of sp³-hybridized carbons (Fsp3) is 0.467. The van der Waals surface area contributed by atoms with Crippen LogP contribution >= 0.6 is 11.3 Å². The number of amides is 4. The summed E-state index contributed by atoms with van der Waals surface area (Å²) in [5.74, 6) is 1.27. The Bertz CT molecular complexity index is 3340. The minimum absolute atomic E-state index is 0.0287. The van der Waals surface area contributed by atoms with Crippen molar-refractivity contribution in [3.05, 3.63) is 88.9 Å². The van der Waals surface area contributed by atoms with Crippen LogP contribution in [0.2, 0.25) is 0 Å². The molecule has 7 N–H and O–H groups in total. The first kappa shape index (κ1) is 56.9. The van der Waals surface area contributed by atoms with Gasteiger partial charge in [-0.15, -0.1) is 17.8 Å². The number of benzene rings is 3. The molecule has 6 atom stereocenters. The van der Waals surface area contributed by atoms with Crippen molar-refractivity contribution >= 4 is 68.1 Å². The number of aromatic nitrogens is 4. The normalized spacial score (nSPS) is 20.4. The number of thiazole rings is 1. The SMILES string of the molecule is C#Cc1cccc2cc(N)cc(-c3ncc4c(N5CC6CCC(C5)N6)nc(OCC5CCCN5CCC(=O)NCCOCCC(=O)N[C@@H](C(=O)N5C[C@@H](O)C[C@@H]5C(=O)NCc5ccc(-c6scnc6C)cc5)C(C)(C)C)nc4c3F)c12. The highest BCUT2D eigenvalue weighted by Crippen LogP contribution is 2.39. The number of nitrogens with one attached hydrogen (secondary N) is 4. The maximum absolute atomic E-state index is 17.1. The van der Waals surface area contributed by atoms with E-state index in [0.29, 0.717) is 53.0 Å². The highest BCUT2D eigenvalue weighted by molar-refractivity contribution is 7.13. The van der Waals surface area contributed by atoms with Crippen LogP contribution in [0.25, 0.3) is 43.4 Å². The number of nitrogens with two attached hydrogens (primary N) is 1. The lowest BCUT2D eigenvalue weighted by atomic mass is 9.85. The van der Waals surface area contributed by atoms with Crippen molar-refractivity contribution in [3.8, 4) is 40.1 Å². The molecular formula is C60H71FN12O7S. The van der Waals surface area contributed by atoms with E-state index in [9.17, 15) is 24.3 Å². The number of hydrogen-bond donors (Lipinski definition) is 6. The Hall–Kier alpha value is -7.35. The summed E-state index contributed by atoms with van der Waals surface area (Å²) in [6.45, 7) is 11.0. The monoisotopic (exact) mass is 1120 g/mol. The van der Waals surface area contributed by atoms with E-state index in [0.717, 1.165) is 59.3 Å². The summed E-state index contributed by atoms with van der Waals surface area (Å²) in [5, 5.41) is 24.9. The van der Waals surface area contributed by atoms with Gasteiger partial charge in [-0.25, -0.2) is 9.37 Å². The van der Waals surface area contributed by atoms with Gasteiger partial charge in [0, 0.05) is 105 Å². The Kier molecular flexibility index (Phi) is 17.4. The Labute approximate surface area is 475 Å². The van der Waals surface area contributed by atoms with Crippen LogP contribution in [0, 0.1) is 30.5 Å². The number of carbonyl (C=O) groups excluding carboxylic acids is 4. The molecule has 3 unspecified atom stereocenters. The zero-order valence-corrected chi connectivity index (χ0v) is 47.1. The van der Waals surface area contributed by atoms with E-state index >= 15 is 4.39 Å². The topological polar surface area (TPSA) is 242 Å². The molecule has 0 saturated carbocycles. The minimum atomic E-state index is -0.977. The molecule has 4 fully saturated rings. The van der Waals surface area contributed by atoms with Crippen LogP contribution in [-0.4, -0.2) is 154 Å². The van der Waals surface area contributed by atoms with E-state index in [2.05, 4.69) is 47.0 Å². The highest BCUT2D eigenvalue weighted by Gasteiger charge is 2.44. The second-order valence-electron chi connectivity index (χ2n) is 22.7. The molecule has 19 nitrogen and oxygen atoms in total. The quantitative estimate of drug-likeness (QED) is 0.0315. The Morgan fingerprint density at radius 3 is 2.52 bits per heavy atom. The standard InChI is InChI=1S/C60H71FN12O7S/c1-6-37-9-7-10-39-25-40(62)26-45(50(37)39)52-51(61)53-46(29-64-52)56(72-30-41-16-17-42(31-72)67-41)70-59(69-53)80-33-43-11-8-21-71(43)22-18-48(75)63-20-24-79-23-19-49(76)68-55(60(3,4)5)58(78)73-32-44(74)27-47(73)57(77)65-28-36-12-14-38(15-13-36)54-35(2)66-34-81-54/h1,7,9-10,12-15,25-26,29,34,41-44,47,55,67,74H,8,11,16-24,27-28,30-33,62H2,2-5H3,(H,63,75)(H,65,77)(H,68,76)/t41?,42?,43?,44-,47+,55-/m0/s1. The average molecular weight is 1120 g/mol. The van der Waals surface area contributed by atoms with Gasteiger partial charge in [0.05, 0.1) is 40.8 Å². The van der Waals surface area contributed by atoms with Gasteiger partial charge in [-0.2, -0.15) is 9.97 Å². The molecule has 4 aliphatic heterocycles. The molecule has 4 aliphatic rings. The van der Waals surface area contributed by atoms with Crippen molar-refractivity contribution in [2.75, 3.05) is 69.7 Å². The van der Waals surface area contributed by atoms with Gasteiger partial charge in [-0.3, -0.25) is 29.1 Å². The third kappa shape index (κ3) is 13.1. The number of carbonyl (C=O) groups is 4. The molecule has 4 amide bonds. The van der Waals surface area contributed by atoms with Crippen LogP contribution in [0.4, 0.5) is 15.9 Å². The number of rotatable bonds is 20. The Balaban J connectivity index is 0.687. The fourth-order valence-electron chi connectivity index (χ4n) is 11.7. The third-order valence-corrected chi connectivity index (χ3v) is 16.8. The molecule has 3 aromatic carbocycles. The molecule has 81 heavy (non-hydrogen) atoms. The van der Waals surface area contributed by atoms with E-state index in [-0.39, 0.29) is 106 Å². The number of pyridine rings is 1. The molecule has 3 aromatic heterocycles. The molecule has 0 radical (unpaired) electrons. The van der Waals surface area contributed by atoms with Gasteiger partial charge in [-0.1, -0.05) is 63.1 Å². The molecular weight excluding hydrogens is 1050 g/mol. The lowest BCUT2D eigenvalue weighted by Gasteiger charge is -2.35. The van der Waals surface area contributed by atoms with Gasteiger partial charge in [-0.05, 0) is 79.3 Å². The van der Waals surface area contributed by atoms with Crippen molar-refractivity contribution in [1.82, 2.24) is 51.0 Å². The first-order valence-corrected chi connectivity index (χ1v) is 28.8. The Morgan fingerprint density at radius 2 is 1.78 bits per heavy atom. The number of nitrogen functional groups attached to an aromatic ring is 1. The van der Waals surface area contributed by atoms with E-state index in [4.69, 9.17) is 31.6 Å². The van der Waals surface area contributed by atoms with Crippen LogP contribution in [0.15, 0.2) is 66.3 Å². The molecule has 0 spiro atoms. The summed E-state index contributed by atoms with van der Waals surface area (Å²) in [5.41, 5.74) is 12.0. The third-order valence-electron chi connectivity index (χ3n) is 15.9. The van der Waals surface area contributed by atoms with Gasteiger partial charge in [0.15, 0.2) is 5.82 Å². The van der Waals surface area contributed by atoms with Crippen LogP contribution in [0.1, 0.15) is 82.5 Å². The van der Waals surface area contributed by atoms with Crippen LogP contribution in [0.5, 0.6) is 6.01 Å². The second kappa shape index (κ2) is 24.8. The average Bonchev–Trinajstić information content (AvgIpc) is 4.40. The van der Waals surface area contributed by atoms with E-state index in [1.807, 2.05) is 75.7 Å². The van der Waals surface area contributed by atoms with Gasteiger partial charge >= 0.3 is 6.01 Å². The molecule has 10 rings (SSSR count). The van der Waals surface area contributed by atoms with Crippen LogP contribution in [-0.2, 0) is 30.5 Å². The molecule has 426 valence electrons. The summed E-state index contributed by atoms with van der Waals surface area (Å²) < 4.78 is 29.2. The van der Waals surface area contributed by atoms with Crippen molar-refractivity contribution < 1.29 is 38.1 Å². The van der Waals surface area contributed by atoms with Crippen molar-refractivity contribution in [2.24, 2.45) is 5.41 Å². The lowest BCUT2D eigenvalue weighted by Crippen LogP contribution is -2.57. The van der Waals surface area contributed by atoms with E-state index in [1.54, 1.807) is 29.7 Å². The van der Waals surface area contributed by atoms with Crippen LogP contribution in [0.3, 0.4) is 0 Å². The van der Waals surface area contributed by atoms with Gasteiger partial charge < -0.3 is 51.4 Å². The second-order valence-corrected chi connectivity index (χ2v) is 23.6. The van der Waals surface area contributed by atoms with E-state index < -0.39 is 41.2 Å². The number of aryl methyl sites for hydroxylation is 1. The number of hydrogen-bond acceptors (Lipinski definition) is 16. The summed E-state index contributed by atoms with van der Waals surface area (Å²) in [6, 6.07) is 15.6. The van der Waals surface area contributed by atoms with Crippen molar-refractivity contribution in [2.45, 2.75) is 115 Å². The molecule has 2 bridgehead atoms. The minimum Gasteiger partial charge on any atom is -0.462 e. The largest absolute Gasteiger partial charge is 0.462 e. The predicted molar refractivity (Wildman–Crippen MR) is 310 cm³/mol. The Morgan fingerprint density at radius 1 is 0.988 bits per heavy atom. The predicted octanol–water partition coefficient (Wildman–Crippen LogP) is 5.49. The number of halogens is 1. The molecule has 4 saturated heterocycles. The number of anilines is 2. The number of ether oxygens (including phenoxy) is 2. The number of aliphatic hydroxyl groups is 1. The van der Waals surface area contributed by atoms with Gasteiger partial charge in [0.2, 0.25) is 23.6 Å². The molecule has 21 heteroatoms. The van der Waals surface area contributed by atoms with Gasteiger partial charge in [0.1, 0.15) is 35.7 Å². The van der Waals surface area contributed by atoms with Crippen molar-refractivity contribution in [3.63, 3.8) is 0 Å². The van der Waals surface area contributed by atoms with Crippen molar-refractivity contribution in [1.29, 1.82) is 0 Å². The molecule has 6 aromatic rings. The fourth-order valence-corrected chi connectivity index (χ4v) is 12.5. The smallest absolute Gasteiger partial charge is 0.319 e. The van der Waals surface area contributed by atoms with Crippen LogP contribution < -0.4 is 36.6 Å².